The van der Waals surface area contributed by atoms with E-state index in [1.165, 1.54) is 6.07 Å². The van der Waals surface area contributed by atoms with Crippen LogP contribution in [0.1, 0.15) is 0 Å². The van der Waals surface area contributed by atoms with Crippen LogP contribution >= 0.6 is 49.6 Å². The van der Waals surface area contributed by atoms with E-state index >= 15 is 0 Å². The number of thiophene rings is 1. The molecule has 0 N–H and O–H groups in total. The molecule has 0 bridgehead atoms. The molecule has 11 heavy (non-hydrogen) atoms. The third-order valence-corrected chi connectivity index (χ3v) is 4.59. The summed E-state index contributed by atoms with van der Waals surface area (Å²) in [6, 6.07) is 1.30. The lowest BCUT2D eigenvalue weighted by atomic mass is 10.7. The summed E-state index contributed by atoms with van der Waals surface area (Å²) < 4.78 is 22.3. The Morgan fingerprint density at radius 2 is 2.09 bits per heavy atom. The molecule has 7 heteroatoms. The van der Waals surface area contributed by atoms with Crippen LogP contribution in [0.4, 0.5) is 0 Å². The van der Waals surface area contributed by atoms with Crippen molar-refractivity contribution in [2.75, 3.05) is 0 Å². The van der Waals surface area contributed by atoms with Crippen LogP contribution in [0.5, 0.6) is 0 Å². The van der Waals surface area contributed by atoms with Gasteiger partial charge in [-0.1, -0.05) is 11.6 Å². The highest BCUT2D eigenvalue weighted by Crippen LogP contribution is 2.35. The monoisotopic (exact) mass is 294 g/mol. The van der Waals surface area contributed by atoms with E-state index in [9.17, 15) is 8.42 Å². The molecule has 0 aromatic carbocycles. The zero-order valence-electron chi connectivity index (χ0n) is 4.84. The van der Waals surface area contributed by atoms with Crippen LogP contribution in [0.2, 0.25) is 4.34 Å². The quantitative estimate of drug-likeness (QED) is 0.746. The summed E-state index contributed by atoms with van der Waals surface area (Å²) in [5.74, 6) is 0. The molecule has 0 aliphatic heterocycles. The predicted molar refractivity (Wildman–Crippen MR) is 50.1 cm³/mol. The first-order chi connectivity index (χ1) is 4.91. The Labute approximate surface area is 85.7 Å². The first-order valence-corrected chi connectivity index (χ1v) is 6.60. The first-order valence-electron chi connectivity index (χ1n) is 2.31. The summed E-state index contributed by atoms with van der Waals surface area (Å²) in [5.41, 5.74) is 0. The summed E-state index contributed by atoms with van der Waals surface area (Å²) in [5, 5.41) is 0. The van der Waals surface area contributed by atoms with Gasteiger partial charge in [-0.15, -0.1) is 11.3 Å². The van der Waals surface area contributed by atoms with Gasteiger partial charge >= 0.3 is 0 Å². The van der Waals surface area contributed by atoms with E-state index in [-0.39, 0.29) is 4.90 Å². The van der Waals surface area contributed by atoms with E-state index in [0.29, 0.717) is 8.12 Å². The smallest absolute Gasteiger partial charge is 0.207 e. The first kappa shape index (κ1) is 9.80. The molecule has 0 saturated carbocycles. The van der Waals surface area contributed by atoms with Gasteiger partial charge in [-0.2, -0.15) is 0 Å². The van der Waals surface area contributed by atoms with Crippen LogP contribution in [0, 0.1) is 0 Å². The molecule has 1 aromatic heterocycles. The molecular formula is C4HBrCl2O2S2. The molecule has 1 heterocycles. The van der Waals surface area contributed by atoms with Gasteiger partial charge in [0.05, 0.1) is 8.12 Å². The maximum atomic E-state index is 10.8. The van der Waals surface area contributed by atoms with Gasteiger partial charge in [-0.3, -0.25) is 0 Å². The fourth-order valence-corrected chi connectivity index (χ4v) is 4.72. The van der Waals surface area contributed by atoms with Crippen molar-refractivity contribution in [2.45, 2.75) is 4.90 Å². The Morgan fingerprint density at radius 1 is 1.55 bits per heavy atom. The van der Waals surface area contributed by atoms with Gasteiger partial charge in [-0.05, 0) is 22.0 Å². The minimum absolute atomic E-state index is 0.0224. The van der Waals surface area contributed by atoms with Crippen LogP contribution < -0.4 is 0 Å². The van der Waals surface area contributed by atoms with Gasteiger partial charge in [0.25, 0.3) is 9.05 Å². The van der Waals surface area contributed by atoms with E-state index in [1.54, 1.807) is 0 Å². The zero-order valence-corrected chi connectivity index (χ0v) is 9.58. The zero-order chi connectivity index (χ0) is 8.65. The van der Waals surface area contributed by atoms with Crippen molar-refractivity contribution in [3.63, 3.8) is 0 Å². The lowest BCUT2D eigenvalue weighted by molar-refractivity contribution is 0.609. The van der Waals surface area contributed by atoms with Gasteiger partial charge in [0.2, 0.25) is 0 Å². The van der Waals surface area contributed by atoms with Crippen LogP contribution in [0.15, 0.2) is 14.7 Å². The van der Waals surface area contributed by atoms with Gasteiger partial charge in [-0.25, -0.2) is 8.42 Å². The lowest BCUT2D eigenvalue weighted by Gasteiger charge is -1.88. The fraction of sp³-hybridized carbons (Fsp3) is 0. The average Bonchev–Trinajstić information content (AvgIpc) is 2.08. The van der Waals surface area contributed by atoms with Crippen molar-refractivity contribution < 1.29 is 8.42 Å². The molecule has 62 valence electrons. The predicted octanol–water partition coefficient (Wildman–Crippen LogP) is 3.09. The van der Waals surface area contributed by atoms with E-state index in [2.05, 4.69) is 15.9 Å². The minimum Gasteiger partial charge on any atom is -0.207 e. The number of hydrogen-bond acceptors (Lipinski definition) is 3. The molecule has 0 amide bonds. The lowest BCUT2D eigenvalue weighted by Crippen LogP contribution is -1.86. The Morgan fingerprint density at radius 3 is 2.27 bits per heavy atom. The van der Waals surface area contributed by atoms with Gasteiger partial charge in [0.15, 0.2) is 0 Å². The molecule has 1 rings (SSSR count). The highest BCUT2D eigenvalue weighted by Gasteiger charge is 2.17. The van der Waals surface area contributed by atoms with Crippen molar-refractivity contribution in [1.82, 2.24) is 0 Å². The Bertz CT molecular complexity index is 369. The highest BCUT2D eigenvalue weighted by molar-refractivity contribution is 9.11. The maximum absolute atomic E-state index is 10.8. The molecule has 0 saturated heterocycles. The second kappa shape index (κ2) is 3.22. The SMILES string of the molecule is O=S(=O)(Cl)c1cc(Cl)sc1Br. The van der Waals surface area contributed by atoms with Crippen molar-refractivity contribution >= 4 is 58.6 Å². The standard InChI is InChI=1S/C4HBrCl2O2S2/c5-4-2(11(7,8)9)1-3(6)10-4/h1H. The summed E-state index contributed by atoms with van der Waals surface area (Å²) in [7, 11) is 1.41. The molecule has 2 nitrogen and oxygen atoms in total. The van der Waals surface area contributed by atoms with Crippen molar-refractivity contribution in [3.05, 3.63) is 14.2 Å². The Balaban J connectivity index is 3.36. The average molecular weight is 296 g/mol. The number of rotatable bonds is 1. The van der Waals surface area contributed by atoms with Crippen LogP contribution in [0.3, 0.4) is 0 Å². The fourth-order valence-electron chi connectivity index (χ4n) is 0.491. The van der Waals surface area contributed by atoms with Crippen LogP contribution in [-0.2, 0) is 9.05 Å². The normalized spacial score (nSPS) is 11.9. The number of halogens is 3. The van der Waals surface area contributed by atoms with Crippen molar-refractivity contribution in [1.29, 1.82) is 0 Å². The van der Waals surface area contributed by atoms with Crippen molar-refractivity contribution in [2.24, 2.45) is 0 Å². The molecular weight excluding hydrogens is 295 g/mol. The molecule has 0 aliphatic rings. The van der Waals surface area contributed by atoms with Crippen LogP contribution in [0.25, 0.3) is 0 Å². The largest absolute Gasteiger partial charge is 0.263 e. The molecule has 0 aliphatic carbocycles. The van der Waals surface area contributed by atoms with E-state index < -0.39 is 9.05 Å². The second-order valence-corrected chi connectivity index (χ2v) is 7.16. The van der Waals surface area contributed by atoms with Gasteiger partial charge in [0.1, 0.15) is 4.90 Å². The second-order valence-electron chi connectivity index (χ2n) is 1.63. The van der Waals surface area contributed by atoms with Crippen LogP contribution in [-0.4, -0.2) is 8.42 Å². The van der Waals surface area contributed by atoms with Gasteiger partial charge in [0, 0.05) is 10.7 Å². The summed E-state index contributed by atoms with van der Waals surface area (Å²) in [4.78, 5) is 0.0224. The molecule has 0 unspecified atom stereocenters. The third kappa shape index (κ3) is 2.32. The molecule has 0 fully saturated rings. The number of hydrogen-bond donors (Lipinski definition) is 0. The van der Waals surface area contributed by atoms with Gasteiger partial charge < -0.3 is 0 Å². The minimum atomic E-state index is -3.66. The van der Waals surface area contributed by atoms with E-state index in [1.807, 2.05) is 0 Å². The van der Waals surface area contributed by atoms with E-state index in [0.717, 1.165) is 11.3 Å². The third-order valence-electron chi connectivity index (χ3n) is 0.888. The molecule has 0 spiro atoms. The van der Waals surface area contributed by atoms with Crippen molar-refractivity contribution in [3.8, 4) is 0 Å². The summed E-state index contributed by atoms with van der Waals surface area (Å²) in [6.07, 6.45) is 0. The topological polar surface area (TPSA) is 34.1 Å². The Kier molecular flexibility index (Phi) is 2.87. The molecule has 0 radical (unpaired) electrons. The molecule has 0 atom stereocenters. The summed E-state index contributed by atoms with van der Waals surface area (Å²) >= 11 is 9.68. The van der Waals surface area contributed by atoms with E-state index in [4.69, 9.17) is 22.3 Å². The maximum Gasteiger partial charge on any atom is 0.263 e. The Hall–Kier alpha value is 0.710. The summed E-state index contributed by atoms with van der Waals surface area (Å²) in [6.45, 7) is 0. The highest BCUT2D eigenvalue weighted by atomic mass is 79.9. The molecule has 1 aromatic rings.